The Morgan fingerprint density at radius 2 is 2.04 bits per heavy atom. The molecule has 0 aliphatic heterocycles. The van der Waals surface area contributed by atoms with Gasteiger partial charge in [0.15, 0.2) is 6.10 Å². The molecule has 2 amide bonds. The summed E-state index contributed by atoms with van der Waals surface area (Å²) in [6.07, 6.45) is -0.972. The number of hydrogen-bond acceptors (Lipinski definition) is 7. The Balaban J connectivity index is 2.19. The minimum absolute atomic E-state index is 0.254. The van der Waals surface area contributed by atoms with Gasteiger partial charge in [-0.15, -0.1) is 22.7 Å². The number of anilines is 1. The van der Waals surface area contributed by atoms with E-state index in [0.29, 0.717) is 23.7 Å². The Bertz CT molecular complexity index is 770. The van der Waals surface area contributed by atoms with Crippen molar-refractivity contribution in [2.45, 2.75) is 20.0 Å². The van der Waals surface area contributed by atoms with Crippen LogP contribution in [0.1, 0.15) is 24.2 Å². The molecule has 2 rings (SSSR count). The Morgan fingerprint density at radius 3 is 2.65 bits per heavy atom. The van der Waals surface area contributed by atoms with Gasteiger partial charge >= 0.3 is 5.97 Å². The van der Waals surface area contributed by atoms with Crippen molar-refractivity contribution in [1.82, 2.24) is 5.32 Å². The lowest BCUT2D eigenvalue weighted by Gasteiger charge is -2.14. The van der Waals surface area contributed by atoms with E-state index in [-0.39, 0.29) is 11.5 Å². The molecule has 9 heteroatoms. The van der Waals surface area contributed by atoms with Crippen molar-refractivity contribution in [3.8, 4) is 10.4 Å². The quantitative estimate of drug-likeness (QED) is 0.529. The molecule has 0 saturated heterocycles. The SMILES string of the molecule is COCCNC(=O)[C@H](C)OC(=O)c1c(-c2cccs2)csc1NC(C)=O. The Kier molecular flexibility index (Phi) is 7.31. The zero-order valence-electron chi connectivity index (χ0n) is 14.7. The Hall–Kier alpha value is -2.23. The molecule has 0 aliphatic carbocycles. The lowest BCUT2D eigenvalue weighted by atomic mass is 10.1. The van der Waals surface area contributed by atoms with Crippen molar-refractivity contribution >= 4 is 45.5 Å². The van der Waals surface area contributed by atoms with Crippen LogP contribution in [-0.2, 0) is 19.1 Å². The highest BCUT2D eigenvalue weighted by Gasteiger charge is 2.26. The summed E-state index contributed by atoms with van der Waals surface area (Å²) in [5.41, 5.74) is 0.926. The van der Waals surface area contributed by atoms with Crippen LogP contribution < -0.4 is 10.6 Å². The van der Waals surface area contributed by atoms with Gasteiger partial charge in [0.1, 0.15) is 10.6 Å². The fraction of sp³-hybridized carbons (Fsp3) is 0.353. The molecule has 2 aromatic rings. The molecule has 0 aliphatic rings. The van der Waals surface area contributed by atoms with Crippen molar-refractivity contribution in [2.75, 3.05) is 25.6 Å². The Morgan fingerprint density at radius 1 is 1.27 bits per heavy atom. The first-order valence-electron chi connectivity index (χ1n) is 7.84. The van der Waals surface area contributed by atoms with Crippen molar-refractivity contribution in [2.24, 2.45) is 0 Å². The number of methoxy groups -OCH3 is 1. The van der Waals surface area contributed by atoms with Gasteiger partial charge in [0.2, 0.25) is 5.91 Å². The maximum atomic E-state index is 12.7. The summed E-state index contributed by atoms with van der Waals surface area (Å²) in [5.74, 6) is -1.36. The first-order chi connectivity index (χ1) is 12.4. The highest BCUT2D eigenvalue weighted by molar-refractivity contribution is 7.17. The maximum Gasteiger partial charge on any atom is 0.342 e. The molecule has 0 spiro atoms. The number of esters is 1. The van der Waals surface area contributed by atoms with Crippen molar-refractivity contribution in [1.29, 1.82) is 0 Å². The zero-order valence-corrected chi connectivity index (χ0v) is 16.3. The van der Waals surface area contributed by atoms with Crippen LogP contribution in [0.4, 0.5) is 5.00 Å². The number of rotatable bonds is 8. The lowest BCUT2D eigenvalue weighted by molar-refractivity contribution is -0.129. The second-order valence-electron chi connectivity index (χ2n) is 5.34. The smallest absolute Gasteiger partial charge is 0.342 e. The predicted octanol–water partition coefficient (Wildman–Crippen LogP) is 2.74. The third kappa shape index (κ3) is 5.13. The molecule has 0 radical (unpaired) electrons. The normalized spacial score (nSPS) is 11.7. The fourth-order valence-corrected chi connectivity index (χ4v) is 3.94. The van der Waals surface area contributed by atoms with Crippen LogP contribution in [0.2, 0.25) is 0 Å². The third-order valence-electron chi connectivity index (χ3n) is 3.33. The maximum absolute atomic E-state index is 12.7. The molecule has 2 N–H and O–H groups in total. The van der Waals surface area contributed by atoms with Crippen LogP contribution in [-0.4, -0.2) is 44.1 Å². The molecule has 26 heavy (non-hydrogen) atoms. The first-order valence-corrected chi connectivity index (χ1v) is 9.60. The topological polar surface area (TPSA) is 93.7 Å². The summed E-state index contributed by atoms with van der Waals surface area (Å²) in [6, 6.07) is 3.75. The van der Waals surface area contributed by atoms with E-state index in [1.165, 1.54) is 43.6 Å². The number of carbonyl (C=O) groups excluding carboxylic acids is 3. The average molecular weight is 396 g/mol. The molecular formula is C17H20N2O5S2. The second-order valence-corrected chi connectivity index (χ2v) is 7.17. The molecule has 0 bridgehead atoms. The van der Waals surface area contributed by atoms with E-state index >= 15 is 0 Å². The molecule has 0 aromatic carbocycles. The van der Waals surface area contributed by atoms with E-state index in [1.807, 2.05) is 17.5 Å². The summed E-state index contributed by atoms with van der Waals surface area (Å²) in [6.45, 7) is 3.56. The summed E-state index contributed by atoms with van der Waals surface area (Å²) < 4.78 is 10.2. The largest absolute Gasteiger partial charge is 0.449 e. The van der Waals surface area contributed by atoms with Crippen LogP contribution in [0, 0.1) is 0 Å². The molecule has 0 unspecified atom stereocenters. The van der Waals surface area contributed by atoms with Gasteiger partial charge in [0.25, 0.3) is 5.91 Å². The number of amides is 2. The molecule has 1 atom stereocenters. The van der Waals surface area contributed by atoms with E-state index in [4.69, 9.17) is 9.47 Å². The van der Waals surface area contributed by atoms with Crippen molar-refractivity contribution in [3.05, 3.63) is 28.5 Å². The molecular weight excluding hydrogens is 376 g/mol. The van der Waals surface area contributed by atoms with Gasteiger partial charge in [-0.25, -0.2) is 4.79 Å². The number of nitrogens with one attached hydrogen (secondary N) is 2. The predicted molar refractivity (Wildman–Crippen MR) is 102 cm³/mol. The number of thiophene rings is 2. The fourth-order valence-electron chi connectivity index (χ4n) is 2.12. The summed E-state index contributed by atoms with van der Waals surface area (Å²) in [4.78, 5) is 37.0. The van der Waals surface area contributed by atoms with Gasteiger partial charge in [-0.2, -0.15) is 0 Å². The monoisotopic (exact) mass is 396 g/mol. The summed E-state index contributed by atoms with van der Waals surface area (Å²) in [5, 5.41) is 9.35. The third-order valence-corrected chi connectivity index (χ3v) is 5.13. The molecule has 2 heterocycles. The van der Waals surface area contributed by atoms with Gasteiger partial charge in [0, 0.05) is 36.4 Å². The van der Waals surface area contributed by atoms with Gasteiger partial charge in [-0.3, -0.25) is 9.59 Å². The van der Waals surface area contributed by atoms with Crippen LogP contribution in [0.25, 0.3) is 10.4 Å². The van der Waals surface area contributed by atoms with Crippen LogP contribution in [0.15, 0.2) is 22.9 Å². The highest BCUT2D eigenvalue weighted by atomic mass is 32.1. The lowest BCUT2D eigenvalue weighted by Crippen LogP contribution is -2.37. The van der Waals surface area contributed by atoms with E-state index < -0.39 is 18.0 Å². The second kappa shape index (κ2) is 9.46. The highest BCUT2D eigenvalue weighted by Crippen LogP contribution is 2.38. The minimum Gasteiger partial charge on any atom is -0.449 e. The van der Waals surface area contributed by atoms with Crippen molar-refractivity contribution in [3.63, 3.8) is 0 Å². The zero-order chi connectivity index (χ0) is 19.1. The Labute approximate surface area is 159 Å². The summed E-state index contributed by atoms with van der Waals surface area (Å²) >= 11 is 2.71. The summed E-state index contributed by atoms with van der Waals surface area (Å²) in [7, 11) is 1.53. The molecule has 0 saturated carbocycles. The van der Waals surface area contributed by atoms with Crippen LogP contribution >= 0.6 is 22.7 Å². The van der Waals surface area contributed by atoms with E-state index in [1.54, 1.807) is 5.38 Å². The van der Waals surface area contributed by atoms with Crippen molar-refractivity contribution < 1.29 is 23.9 Å². The van der Waals surface area contributed by atoms with Gasteiger partial charge < -0.3 is 20.1 Å². The van der Waals surface area contributed by atoms with Crippen LogP contribution in [0.3, 0.4) is 0 Å². The molecule has 2 aromatic heterocycles. The van der Waals surface area contributed by atoms with Gasteiger partial charge in [-0.1, -0.05) is 6.07 Å². The minimum atomic E-state index is -0.972. The first kappa shape index (κ1) is 20.1. The van der Waals surface area contributed by atoms with E-state index in [9.17, 15) is 14.4 Å². The van der Waals surface area contributed by atoms with Gasteiger partial charge in [0.05, 0.1) is 6.61 Å². The van der Waals surface area contributed by atoms with Crippen LogP contribution in [0.5, 0.6) is 0 Å². The van der Waals surface area contributed by atoms with Gasteiger partial charge in [-0.05, 0) is 18.4 Å². The average Bonchev–Trinajstić information content (AvgIpc) is 3.23. The molecule has 7 nitrogen and oxygen atoms in total. The number of carbonyl (C=O) groups is 3. The van der Waals surface area contributed by atoms with E-state index in [0.717, 1.165) is 4.88 Å². The number of hydrogen-bond donors (Lipinski definition) is 2. The van der Waals surface area contributed by atoms with E-state index in [2.05, 4.69) is 10.6 Å². The molecule has 140 valence electrons. The standard InChI is InChI=1S/C17H20N2O5S2/c1-10(15(21)18-6-7-23-3)24-17(22)14-12(13-5-4-8-25-13)9-26-16(14)19-11(2)20/h4-5,8-10H,6-7H2,1-3H3,(H,18,21)(H,19,20)/t10-/m0/s1. The number of ether oxygens (including phenoxy) is 2. The molecule has 0 fully saturated rings.